The molecule has 0 aromatic heterocycles. The van der Waals surface area contributed by atoms with E-state index in [1.54, 1.807) is 0 Å². The molecule has 5 heteroatoms. The van der Waals surface area contributed by atoms with Gasteiger partial charge in [-0.2, -0.15) is 0 Å². The zero-order chi connectivity index (χ0) is 13.9. The van der Waals surface area contributed by atoms with E-state index < -0.39 is 0 Å². The van der Waals surface area contributed by atoms with Crippen molar-refractivity contribution < 1.29 is 0 Å². The smallest absolute Gasteiger partial charge is 0.0367 e. The molecule has 1 aromatic rings. The van der Waals surface area contributed by atoms with Crippen molar-refractivity contribution in [2.75, 3.05) is 31.1 Å². The molecule has 0 aliphatic carbocycles. The lowest BCUT2D eigenvalue weighted by Gasteiger charge is -2.21. The first-order chi connectivity index (χ1) is 9.72. The van der Waals surface area contributed by atoms with Crippen LogP contribution in [0.25, 0.3) is 0 Å². The molecular weight excluding hydrogens is 316 g/mol. The minimum Gasteiger partial charge on any atom is -0.370 e. The third-order valence-electron chi connectivity index (χ3n) is 4.45. The highest BCUT2D eigenvalue weighted by Crippen LogP contribution is 2.22. The van der Waals surface area contributed by atoms with Gasteiger partial charge in [-0.3, -0.25) is 10.9 Å². The van der Waals surface area contributed by atoms with Crippen molar-refractivity contribution in [3.8, 4) is 0 Å². The van der Waals surface area contributed by atoms with Crippen LogP contribution in [0.1, 0.15) is 13.3 Å². The van der Waals surface area contributed by atoms with Gasteiger partial charge in [0.05, 0.1) is 0 Å². The second kappa shape index (κ2) is 6.43. The summed E-state index contributed by atoms with van der Waals surface area (Å²) in [6, 6.07) is 9.80. The first-order valence-electron chi connectivity index (χ1n) is 7.44. The number of rotatable bonds is 4. The average Bonchev–Trinajstić information content (AvgIpc) is 3.06. The maximum absolute atomic E-state index is 3.73. The number of nitrogens with zero attached hydrogens (tertiary/aromatic N) is 1. The Bertz CT molecular complexity index is 436. The SMILES string of the molecule is CC1NNCC1CNC1CCN(c2ccc(Br)cc2)C1. The fraction of sp³-hybridized carbons (Fsp3) is 0.600. The molecule has 1 aromatic carbocycles. The minimum absolute atomic E-state index is 0.562. The fourth-order valence-electron chi connectivity index (χ4n) is 3.03. The Morgan fingerprint density at radius 3 is 2.85 bits per heavy atom. The van der Waals surface area contributed by atoms with Crippen LogP contribution >= 0.6 is 15.9 Å². The predicted octanol–water partition coefficient (Wildman–Crippen LogP) is 1.73. The molecule has 110 valence electrons. The summed E-state index contributed by atoms with van der Waals surface area (Å²) in [6.45, 7) is 6.67. The summed E-state index contributed by atoms with van der Waals surface area (Å²) in [5, 5.41) is 3.73. The molecule has 0 radical (unpaired) electrons. The summed E-state index contributed by atoms with van der Waals surface area (Å²) >= 11 is 3.49. The molecule has 0 spiro atoms. The van der Waals surface area contributed by atoms with Gasteiger partial charge in [0.1, 0.15) is 0 Å². The molecule has 2 aliphatic rings. The second-order valence-corrected chi connectivity index (χ2v) is 6.81. The number of hydrogen-bond donors (Lipinski definition) is 3. The van der Waals surface area contributed by atoms with Crippen LogP contribution in [-0.4, -0.2) is 38.3 Å². The first kappa shape index (κ1) is 14.3. The van der Waals surface area contributed by atoms with E-state index in [0.717, 1.165) is 30.7 Å². The predicted molar refractivity (Wildman–Crippen MR) is 86.9 cm³/mol. The molecule has 3 rings (SSSR count). The van der Waals surface area contributed by atoms with Crippen molar-refractivity contribution >= 4 is 21.6 Å². The van der Waals surface area contributed by atoms with E-state index in [0.29, 0.717) is 18.0 Å². The van der Waals surface area contributed by atoms with Crippen LogP contribution in [0.5, 0.6) is 0 Å². The summed E-state index contributed by atoms with van der Waals surface area (Å²) in [7, 11) is 0. The number of halogens is 1. The van der Waals surface area contributed by atoms with Gasteiger partial charge in [0.25, 0.3) is 0 Å². The molecule has 20 heavy (non-hydrogen) atoms. The van der Waals surface area contributed by atoms with Crippen LogP contribution in [0.2, 0.25) is 0 Å². The van der Waals surface area contributed by atoms with E-state index in [9.17, 15) is 0 Å². The Morgan fingerprint density at radius 1 is 1.35 bits per heavy atom. The summed E-state index contributed by atoms with van der Waals surface area (Å²) in [6.07, 6.45) is 1.23. The fourth-order valence-corrected chi connectivity index (χ4v) is 3.29. The third kappa shape index (κ3) is 3.34. The zero-order valence-electron chi connectivity index (χ0n) is 11.9. The Labute approximate surface area is 129 Å². The standard InChI is InChI=1S/C15H23BrN4/c1-11-12(9-18-19-11)8-17-14-6-7-20(10-14)15-4-2-13(16)3-5-15/h2-5,11-12,14,17-19H,6-10H2,1H3. The van der Waals surface area contributed by atoms with Crippen molar-refractivity contribution in [2.24, 2.45) is 5.92 Å². The third-order valence-corrected chi connectivity index (χ3v) is 4.98. The molecule has 2 aliphatic heterocycles. The number of nitrogens with one attached hydrogen (secondary N) is 3. The Kier molecular flexibility index (Phi) is 4.61. The second-order valence-electron chi connectivity index (χ2n) is 5.89. The summed E-state index contributed by atoms with van der Waals surface area (Å²) in [5.41, 5.74) is 7.84. The first-order valence-corrected chi connectivity index (χ1v) is 8.24. The van der Waals surface area contributed by atoms with Crippen molar-refractivity contribution in [3.63, 3.8) is 0 Å². The van der Waals surface area contributed by atoms with Crippen molar-refractivity contribution in [3.05, 3.63) is 28.7 Å². The van der Waals surface area contributed by atoms with Crippen molar-refractivity contribution in [2.45, 2.75) is 25.4 Å². The molecular formula is C15H23BrN4. The monoisotopic (exact) mass is 338 g/mol. The molecule has 0 amide bonds. The van der Waals surface area contributed by atoms with Gasteiger partial charge in [-0.15, -0.1) is 0 Å². The largest absolute Gasteiger partial charge is 0.370 e. The summed E-state index contributed by atoms with van der Waals surface area (Å²) in [5.74, 6) is 0.691. The van der Waals surface area contributed by atoms with Crippen LogP contribution in [0, 0.1) is 5.92 Å². The minimum atomic E-state index is 0.562. The molecule has 3 atom stereocenters. The van der Waals surface area contributed by atoms with Crippen LogP contribution in [0.3, 0.4) is 0 Å². The maximum atomic E-state index is 3.73. The Hall–Kier alpha value is -0.620. The van der Waals surface area contributed by atoms with E-state index in [2.05, 4.69) is 68.2 Å². The lowest BCUT2D eigenvalue weighted by atomic mass is 10.0. The molecule has 3 unspecified atom stereocenters. The van der Waals surface area contributed by atoms with E-state index >= 15 is 0 Å². The number of hydrazine groups is 1. The number of anilines is 1. The Morgan fingerprint density at radius 2 is 2.15 bits per heavy atom. The van der Waals surface area contributed by atoms with Crippen molar-refractivity contribution in [1.82, 2.24) is 16.2 Å². The van der Waals surface area contributed by atoms with Gasteiger partial charge in [-0.1, -0.05) is 15.9 Å². The van der Waals surface area contributed by atoms with Crippen LogP contribution in [-0.2, 0) is 0 Å². The van der Waals surface area contributed by atoms with Gasteiger partial charge in [-0.25, -0.2) is 0 Å². The van der Waals surface area contributed by atoms with Gasteiger partial charge in [0.2, 0.25) is 0 Å². The summed E-state index contributed by atoms with van der Waals surface area (Å²) in [4.78, 5) is 2.47. The molecule has 2 saturated heterocycles. The molecule has 4 nitrogen and oxygen atoms in total. The van der Waals surface area contributed by atoms with Crippen LogP contribution < -0.4 is 21.1 Å². The van der Waals surface area contributed by atoms with Crippen LogP contribution in [0.15, 0.2) is 28.7 Å². The van der Waals surface area contributed by atoms with Gasteiger partial charge >= 0.3 is 0 Å². The number of hydrogen-bond acceptors (Lipinski definition) is 4. The van der Waals surface area contributed by atoms with Crippen LogP contribution in [0.4, 0.5) is 5.69 Å². The van der Waals surface area contributed by atoms with Gasteiger partial charge in [0.15, 0.2) is 0 Å². The van der Waals surface area contributed by atoms with E-state index in [1.165, 1.54) is 12.1 Å². The molecule has 0 saturated carbocycles. The van der Waals surface area contributed by atoms with Gasteiger partial charge in [-0.05, 0) is 37.6 Å². The highest BCUT2D eigenvalue weighted by Gasteiger charge is 2.26. The van der Waals surface area contributed by atoms with Gasteiger partial charge < -0.3 is 10.2 Å². The average molecular weight is 339 g/mol. The van der Waals surface area contributed by atoms with Crippen molar-refractivity contribution in [1.29, 1.82) is 0 Å². The molecule has 3 N–H and O–H groups in total. The normalized spacial score (nSPS) is 30.1. The Balaban J connectivity index is 1.48. The highest BCUT2D eigenvalue weighted by atomic mass is 79.9. The molecule has 2 heterocycles. The molecule has 0 bridgehead atoms. The highest BCUT2D eigenvalue weighted by molar-refractivity contribution is 9.10. The van der Waals surface area contributed by atoms with E-state index in [1.807, 2.05) is 0 Å². The molecule has 2 fully saturated rings. The van der Waals surface area contributed by atoms with Gasteiger partial charge in [0, 0.05) is 54.3 Å². The van der Waals surface area contributed by atoms with E-state index in [-0.39, 0.29) is 0 Å². The lowest BCUT2D eigenvalue weighted by molar-refractivity contribution is 0.424. The number of benzene rings is 1. The lowest BCUT2D eigenvalue weighted by Crippen LogP contribution is -2.39. The van der Waals surface area contributed by atoms with E-state index in [4.69, 9.17) is 0 Å². The zero-order valence-corrected chi connectivity index (χ0v) is 13.5. The maximum Gasteiger partial charge on any atom is 0.0367 e. The topological polar surface area (TPSA) is 39.3 Å². The quantitative estimate of drug-likeness (QED) is 0.781. The summed E-state index contributed by atoms with van der Waals surface area (Å²) < 4.78 is 1.14.